The number of benzene rings is 1. The van der Waals surface area contributed by atoms with Crippen molar-refractivity contribution in [3.05, 3.63) is 53.9 Å². The maximum atomic E-state index is 11.3. The van der Waals surface area contributed by atoms with Gasteiger partial charge in [0.15, 0.2) is 0 Å². The molecule has 23 heavy (non-hydrogen) atoms. The second-order valence-electron chi connectivity index (χ2n) is 6.36. The van der Waals surface area contributed by atoms with Crippen LogP contribution in [0.25, 0.3) is 16.7 Å². The first-order valence-electron chi connectivity index (χ1n) is 8.41. The SMILES string of the molecule is C=C(C(N)=O)c1ccc2c(c1)CCc1cn(CCCCC)cc1-2. The minimum atomic E-state index is -0.455. The van der Waals surface area contributed by atoms with Gasteiger partial charge in [-0.05, 0) is 41.5 Å². The zero-order valence-corrected chi connectivity index (χ0v) is 13.8. The average molecular weight is 308 g/mol. The molecule has 0 fully saturated rings. The van der Waals surface area contributed by atoms with Gasteiger partial charge in [-0.25, -0.2) is 0 Å². The normalized spacial score (nSPS) is 12.6. The Hall–Kier alpha value is -2.29. The van der Waals surface area contributed by atoms with Gasteiger partial charge >= 0.3 is 0 Å². The van der Waals surface area contributed by atoms with E-state index >= 15 is 0 Å². The van der Waals surface area contributed by atoms with Gasteiger partial charge in [0, 0.05) is 30.1 Å². The van der Waals surface area contributed by atoms with Crippen molar-refractivity contribution >= 4 is 11.5 Å². The molecule has 1 heterocycles. The first-order chi connectivity index (χ1) is 11.1. The number of aryl methyl sites for hydroxylation is 3. The molecule has 0 saturated heterocycles. The van der Waals surface area contributed by atoms with Gasteiger partial charge in [-0.15, -0.1) is 0 Å². The van der Waals surface area contributed by atoms with Crippen LogP contribution >= 0.6 is 0 Å². The van der Waals surface area contributed by atoms with Crippen LogP contribution in [0.3, 0.4) is 0 Å². The molecule has 120 valence electrons. The summed E-state index contributed by atoms with van der Waals surface area (Å²) in [6.07, 6.45) is 10.4. The van der Waals surface area contributed by atoms with Crippen LogP contribution in [0.4, 0.5) is 0 Å². The van der Waals surface area contributed by atoms with Gasteiger partial charge in [0.2, 0.25) is 5.91 Å². The monoisotopic (exact) mass is 308 g/mol. The molecule has 0 spiro atoms. The van der Waals surface area contributed by atoms with E-state index < -0.39 is 5.91 Å². The number of nitrogens with two attached hydrogens (primary N) is 1. The lowest BCUT2D eigenvalue weighted by Gasteiger charge is -2.17. The number of carbonyl (C=O) groups excluding carboxylic acids is 1. The molecular formula is C20H24N2O. The Balaban J connectivity index is 1.89. The Bertz CT molecular complexity index is 755. The molecule has 1 aromatic heterocycles. The van der Waals surface area contributed by atoms with Gasteiger partial charge in [-0.2, -0.15) is 0 Å². The van der Waals surface area contributed by atoms with Crippen molar-refractivity contribution in [2.24, 2.45) is 5.73 Å². The Morgan fingerprint density at radius 2 is 1.96 bits per heavy atom. The van der Waals surface area contributed by atoms with Crippen LogP contribution in [0, 0.1) is 0 Å². The van der Waals surface area contributed by atoms with Crippen LogP contribution in [0.2, 0.25) is 0 Å². The van der Waals surface area contributed by atoms with Crippen molar-refractivity contribution < 1.29 is 4.79 Å². The number of hydrogen-bond acceptors (Lipinski definition) is 1. The Labute approximate surface area is 137 Å². The molecule has 0 aliphatic heterocycles. The summed E-state index contributed by atoms with van der Waals surface area (Å²) in [5.74, 6) is -0.455. The summed E-state index contributed by atoms with van der Waals surface area (Å²) in [5.41, 5.74) is 11.9. The number of carbonyl (C=O) groups is 1. The van der Waals surface area contributed by atoms with E-state index in [-0.39, 0.29) is 0 Å². The fourth-order valence-electron chi connectivity index (χ4n) is 3.33. The van der Waals surface area contributed by atoms with Gasteiger partial charge < -0.3 is 10.3 Å². The second-order valence-corrected chi connectivity index (χ2v) is 6.36. The molecule has 1 aliphatic rings. The second kappa shape index (κ2) is 6.45. The molecule has 2 aromatic rings. The molecule has 0 unspecified atom stereocenters. The maximum absolute atomic E-state index is 11.3. The smallest absolute Gasteiger partial charge is 0.248 e. The summed E-state index contributed by atoms with van der Waals surface area (Å²) in [6.45, 7) is 7.11. The van der Waals surface area contributed by atoms with Crippen LogP contribution in [-0.4, -0.2) is 10.5 Å². The number of nitrogens with zero attached hydrogens (tertiary/aromatic N) is 1. The van der Waals surface area contributed by atoms with Crippen molar-refractivity contribution in [2.45, 2.75) is 45.6 Å². The predicted molar refractivity (Wildman–Crippen MR) is 95.0 cm³/mol. The highest BCUT2D eigenvalue weighted by Gasteiger charge is 2.19. The first kappa shape index (κ1) is 15.6. The summed E-state index contributed by atoms with van der Waals surface area (Å²) < 4.78 is 2.33. The Morgan fingerprint density at radius 1 is 1.17 bits per heavy atom. The molecule has 0 radical (unpaired) electrons. The van der Waals surface area contributed by atoms with E-state index in [0.717, 1.165) is 24.9 Å². The van der Waals surface area contributed by atoms with E-state index in [0.29, 0.717) is 5.57 Å². The van der Waals surface area contributed by atoms with E-state index in [1.807, 2.05) is 6.07 Å². The number of hydrogen-bond donors (Lipinski definition) is 1. The zero-order valence-electron chi connectivity index (χ0n) is 13.8. The molecule has 0 saturated carbocycles. The van der Waals surface area contributed by atoms with Crippen LogP contribution in [0.15, 0.2) is 37.2 Å². The molecule has 0 bridgehead atoms. The molecule has 2 N–H and O–H groups in total. The van der Waals surface area contributed by atoms with Gasteiger partial charge in [0.05, 0.1) is 0 Å². The van der Waals surface area contributed by atoms with Crippen LogP contribution in [0.1, 0.15) is 42.9 Å². The Morgan fingerprint density at radius 3 is 2.70 bits per heavy atom. The number of unbranched alkanes of at least 4 members (excludes halogenated alkanes) is 2. The standard InChI is InChI=1S/C20H24N2O/c1-3-4-5-10-22-12-17-7-6-16-11-15(14(2)20(21)23)8-9-18(16)19(17)13-22/h8-9,11-13H,2-7,10H2,1H3,(H2,21,23). The molecule has 1 aliphatic carbocycles. The highest BCUT2D eigenvalue weighted by atomic mass is 16.1. The first-order valence-corrected chi connectivity index (χ1v) is 8.41. The summed E-state index contributed by atoms with van der Waals surface area (Å²) in [6, 6.07) is 6.13. The number of primary amides is 1. The molecule has 3 rings (SSSR count). The van der Waals surface area contributed by atoms with Gasteiger partial charge in [0.1, 0.15) is 0 Å². The van der Waals surface area contributed by atoms with Crippen LogP contribution in [0.5, 0.6) is 0 Å². The molecular weight excluding hydrogens is 284 g/mol. The minimum Gasteiger partial charge on any atom is -0.366 e. The number of amides is 1. The zero-order chi connectivity index (χ0) is 16.4. The maximum Gasteiger partial charge on any atom is 0.248 e. The number of fused-ring (bicyclic) bond motifs is 3. The van der Waals surface area contributed by atoms with E-state index in [4.69, 9.17) is 5.73 Å². The molecule has 1 aromatic carbocycles. The molecule has 3 heteroatoms. The third-order valence-corrected chi connectivity index (χ3v) is 4.69. The Kier molecular flexibility index (Phi) is 4.37. The highest BCUT2D eigenvalue weighted by Crippen LogP contribution is 2.35. The lowest BCUT2D eigenvalue weighted by Crippen LogP contribution is -2.12. The third kappa shape index (κ3) is 3.09. The van der Waals surface area contributed by atoms with E-state index in [1.165, 1.54) is 41.5 Å². The van der Waals surface area contributed by atoms with E-state index in [9.17, 15) is 4.79 Å². The van der Waals surface area contributed by atoms with Crippen molar-refractivity contribution in [3.63, 3.8) is 0 Å². The number of rotatable bonds is 6. The highest BCUT2D eigenvalue weighted by molar-refractivity contribution is 6.18. The lowest BCUT2D eigenvalue weighted by molar-refractivity contribution is -0.112. The molecule has 0 atom stereocenters. The van der Waals surface area contributed by atoms with Gasteiger partial charge in [-0.3, -0.25) is 4.79 Å². The summed E-state index contributed by atoms with van der Waals surface area (Å²) in [7, 11) is 0. The number of aromatic nitrogens is 1. The summed E-state index contributed by atoms with van der Waals surface area (Å²) >= 11 is 0. The fourth-order valence-corrected chi connectivity index (χ4v) is 3.33. The third-order valence-electron chi connectivity index (χ3n) is 4.69. The van der Waals surface area contributed by atoms with Crippen LogP contribution in [-0.2, 0) is 24.2 Å². The predicted octanol–water partition coefficient (Wildman–Crippen LogP) is 3.94. The topological polar surface area (TPSA) is 48.0 Å². The van der Waals surface area contributed by atoms with Crippen molar-refractivity contribution in [1.82, 2.24) is 4.57 Å². The van der Waals surface area contributed by atoms with E-state index in [1.54, 1.807) is 0 Å². The van der Waals surface area contributed by atoms with Gasteiger partial charge in [0.25, 0.3) is 0 Å². The lowest BCUT2D eigenvalue weighted by atomic mass is 9.86. The largest absolute Gasteiger partial charge is 0.366 e. The van der Waals surface area contributed by atoms with Gasteiger partial charge in [-0.1, -0.05) is 44.5 Å². The average Bonchev–Trinajstić information content (AvgIpc) is 2.97. The summed E-state index contributed by atoms with van der Waals surface area (Å²) in [5, 5.41) is 0. The minimum absolute atomic E-state index is 0.385. The quantitative estimate of drug-likeness (QED) is 0.637. The van der Waals surface area contributed by atoms with Crippen molar-refractivity contribution in [1.29, 1.82) is 0 Å². The fraction of sp³-hybridized carbons (Fsp3) is 0.350. The van der Waals surface area contributed by atoms with Crippen molar-refractivity contribution in [3.8, 4) is 11.1 Å². The van der Waals surface area contributed by atoms with E-state index in [2.05, 4.69) is 42.6 Å². The van der Waals surface area contributed by atoms with Crippen LogP contribution < -0.4 is 5.73 Å². The molecule has 1 amide bonds. The molecule has 3 nitrogen and oxygen atoms in total. The summed E-state index contributed by atoms with van der Waals surface area (Å²) in [4.78, 5) is 11.3. The van der Waals surface area contributed by atoms with Crippen molar-refractivity contribution in [2.75, 3.05) is 0 Å².